The first-order chi connectivity index (χ1) is 12.8. The zero-order chi connectivity index (χ0) is 17.8. The minimum Gasteiger partial charge on any atom is -0.357 e. The SMILES string of the molecule is C[C@@H](NC1CCN(c2ccccn2)CC1)c1cccc(-n2cccn2)c1. The lowest BCUT2D eigenvalue weighted by atomic mass is 10.0. The fraction of sp³-hybridized carbons (Fsp3) is 0.333. The third-order valence-corrected chi connectivity index (χ3v) is 5.09. The highest BCUT2D eigenvalue weighted by Gasteiger charge is 2.21. The van der Waals surface area contributed by atoms with E-state index in [1.807, 2.05) is 35.4 Å². The highest BCUT2D eigenvalue weighted by molar-refractivity contribution is 5.38. The van der Waals surface area contributed by atoms with E-state index >= 15 is 0 Å². The van der Waals surface area contributed by atoms with Crippen LogP contribution in [0, 0.1) is 0 Å². The van der Waals surface area contributed by atoms with E-state index < -0.39 is 0 Å². The first kappa shape index (κ1) is 16.8. The number of piperidine rings is 1. The van der Waals surface area contributed by atoms with Crippen LogP contribution in [-0.4, -0.2) is 33.9 Å². The summed E-state index contributed by atoms with van der Waals surface area (Å²) in [7, 11) is 0. The van der Waals surface area contributed by atoms with Gasteiger partial charge in [0.05, 0.1) is 5.69 Å². The second kappa shape index (κ2) is 7.70. The van der Waals surface area contributed by atoms with Crippen molar-refractivity contribution in [1.29, 1.82) is 0 Å². The Morgan fingerprint density at radius 3 is 2.65 bits per heavy atom. The van der Waals surface area contributed by atoms with Gasteiger partial charge in [0.2, 0.25) is 0 Å². The Labute approximate surface area is 154 Å². The van der Waals surface area contributed by atoms with Gasteiger partial charge < -0.3 is 10.2 Å². The van der Waals surface area contributed by atoms with Crippen molar-refractivity contribution in [3.05, 3.63) is 72.7 Å². The quantitative estimate of drug-likeness (QED) is 0.766. The van der Waals surface area contributed by atoms with Crippen molar-refractivity contribution in [3.8, 4) is 5.69 Å². The van der Waals surface area contributed by atoms with Gasteiger partial charge in [0.15, 0.2) is 0 Å². The molecule has 3 aromatic rings. The van der Waals surface area contributed by atoms with E-state index in [0.29, 0.717) is 12.1 Å². The van der Waals surface area contributed by atoms with Crippen LogP contribution >= 0.6 is 0 Å². The van der Waals surface area contributed by atoms with E-state index in [-0.39, 0.29) is 0 Å². The zero-order valence-electron chi connectivity index (χ0n) is 15.1. The second-order valence-electron chi connectivity index (χ2n) is 6.88. The minimum atomic E-state index is 0.317. The molecule has 0 aliphatic carbocycles. The molecule has 1 aliphatic rings. The first-order valence-electron chi connectivity index (χ1n) is 9.31. The third-order valence-electron chi connectivity index (χ3n) is 5.09. The molecule has 0 amide bonds. The smallest absolute Gasteiger partial charge is 0.128 e. The van der Waals surface area contributed by atoms with Crippen molar-refractivity contribution in [2.75, 3.05) is 18.0 Å². The molecule has 1 saturated heterocycles. The Balaban J connectivity index is 1.36. The molecule has 1 fully saturated rings. The monoisotopic (exact) mass is 347 g/mol. The van der Waals surface area contributed by atoms with Gasteiger partial charge in [0.25, 0.3) is 0 Å². The zero-order valence-corrected chi connectivity index (χ0v) is 15.1. The van der Waals surface area contributed by atoms with E-state index in [0.717, 1.165) is 37.4 Å². The summed E-state index contributed by atoms with van der Waals surface area (Å²) in [5.41, 5.74) is 2.40. The molecule has 26 heavy (non-hydrogen) atoms. The Hall–Kier alpha value is -2.66. The second-order valence-corrected chi connectivity index (χ2v) is 6.88. The lowest BCUT2D eigenvalue weighted by Gasteiger charge is -2.34. The summed E-state index contributed by atoms with van der Waals surface area (Å²) in [4.78, 5) is 6.84. The van der Waals surface area contributed by atoms with E-state index in [2.05, 4.69) is 63.6 Å². The predicted molar refractivity (Wildman–Crippen MR) is 105 cm³/mol. The Morgan fingerprint density at radius 2 is 1.92 bits per heavy atom. The molecule has 0 radical (unpaired) electrons. The number of aromatic nitrogens is 3. The van der Waals surface area contributed by atoms with Gasteiger partial charge in [-0.1, -0.05) is 18.2 Å². The Kier molecular flexibility index (Phi) is 4.97. The number of benzene rings is 1. The Bertz CT molecular complexity index is 807. The minimum absolute atomic E-state index is 0.317. The van der Waals surface area contributed by atoms with Gasteiger partial charge in [0, 0.05) is 43.8 Å². The molecule has 5 heteroatoms. The fourth-order valence-electron chi connectivity index (χ4n) is 3.62. The molecular formula is C21H25N5. The van der Waals surface area contributed by atoms with E-state index in [9.17, 15) is 0 Å². The molecule has 3 heterocycles. The van der Waals surface area contributed by atoms with Crippen LogP contribution in [0.2, 0.25) is 0 Å². The summed E-state index contributed by atoms with van der Waals surface area (Å²) in [6, 6.07) is 17.5. The highest BCUT2D eigenvalue weighted by Crippen LogP contribution is 2.21. The van der Waals surface area contributed by atoms with Gasteiger partial charge in [-0.05, 0) is 55.7 Å². The van der Waals surface area contributed by atoms with E-state index in [4.69, 9.17) is 0 Å². The van der Waals surface area contributed by atoms with Gasteiger partial charge in [0.1, 0.15) is 5.82 Å². The third kappa shape index (κ3) is 3.78. The van der Waals surface area contributed by atoms with Crippen LogP contribution in [0.15, 0.2) is 67.1 Å². The number of hydrogen-bond donors (Lipinski definition) is 1. The number of pyridine rings is 1. The van der Waals surface area contributed by atoms with E-state index in [1.165, 1.54) is 5.56 Å². The van der Waals surface area contributed by atoms with Crippen LogP contribution in [0.5, 0.6) is 0 Å². The van der Waals surface area contributed by atoms with Crippen LogP contribution in [0.25, 0.3) is 5.69 Å². The maximum atomic E-state index is 4.47. The van der Waals surface area contributed by atoms with Crippen LogP contribution in [0.3, 0.4) is 0 Å². The molecule has 0 bridgehead atoms. The summed E-state index contributed by atoms with van der Waals surface area (Å²) in [5, 5.41) is 8.13. The van der Waals surface area contributed by atoms with Gasteiger partial charge in [-0.2, -0.15) is 5.10 Å². The van der Waals surface area contributed by atoms with Crippen molar-refractivity contribution in [2.45, 2.75) is 31.8 Å². The van der Waals surface area contributed by atoms with Crippen molar-refractivity contribution >= 4 is 5.82 Å². The summed E-state index contributed by atoms with van der Waals surface area (Å²) in [5.74, 6) is 1.09. The molecule has 0 unspecified atom stereocenters. The number of rotatable bonds is 5. The molecule has 1 aromatic carbocycles. The highest BCUT2D eigenvalue weighted by atomic mass is 15.3. The molecule has 134 valence electrons. The van der Waals surface area contributed by atoms with Crippen LogP contribution in [-0.2, 0) is 0 Å². The molecule has 0 saturated carbocycles. The van der Waals surface area contributed by atoms with Crippen molar-refractivity contribution in [1.82, 2.24) is 20.1 Å². The average Bonchev–Trinajstić information content (AvgIpc) is 3.24. The van der Waals surface area contributed by atoms with E-state index in [1.54, 1.807) is 0 Å². The number of anilines is 1. The number of hydrogen-bond acceptors (Lipinski definition) is 4. The van der Waals surface area contributed by atoms with Gasteiger partial charge in [-0.25, -0.2) is 9.67 Å². The lowest BCUT2D eigenvalue weighted by Crippen LogP contribution is -2.43. The maximum absolute atomic E-state index is 4.47. The summed E-state index contributed by atoms with van der Waals surface area (Å²) in [6.45, 7) is 4.34. The van der Waals surface area contributed by atoms with Crippen LogP contribution in [0.1, 0.15) is 31.4 Å². The molecule has 2 aromatic heterocycles. The van der Waals surface area contributed by atoms with Crippen molar-refractivity contribution in [3.63, 3.8) is 0 Å². The van der Waals surface area contributed by atoms with Gasteiger partial charge in [-0.15, -0.1) is 0 Å². The van der Waals surface area contributed by atoms with Gasteiger partial charge in [-0.3, -0.25) is 0 Å². The van der Waals surface area contributed by atoms with Crippen LogP contribution < -0.4 is 10.2 Å². The van der Waals surface area contributed by atoms with Crippen LogP contribution in [0.4, 0.5) is 5.82 Å². The summed E-state index contributed by atoms with van der Waals surface area (Å²) < 4.78 is 1.90. The molecule has 1 atom stereocenters. The standard InChI is InChI=1S/C21H25N5/c1-17(18-6-4-7-20(16-18)26-13-5-12-23-26)24-19-9-14-25(15-10-19)21-8-2-3-11-22-21/h2-8,11-13,16-17,19,24H,9-10,14-15H2,1H3/t17-/m1/s1. The number of nitrogens with zero attached hydrogens (tertiary/aromatic N) is 4. The molecule has 1 aliphatic heterocycles. The summed E-state index contributed by atoms with van der Waals surface area (Å²) >= 11 is 0. The predicted octanol–water partition coefficient (Wildman–Crippen LogP) is 3.59. The molecule has 1 N–H and O–H groups in total. The molecular weight excluding hydrogens is 322 g/mol. The Morgan fingerprint density at radius 1 is 1.04 bits per heavy atom. The lowest BCUT2D eigenvalue weighted by molar-refractivity contribution is 0.380. The fourth-order valence-corrected chi connectivity index (χ4v) is 3.62. The molecule has 0 spiro atoms. The van der Waals surface area contributed by atoms with Crippen molar-refractivity contribution < 1.29 is 0 Å². The van der Waals surface area contributed by atoms with Crippen molar-refractivity contribution in [2.24, 2.45) is 0 Å². The molecule has 5 nitrogen and oxygen atoms in total. The normalized spacial score (nSPS) is 16.6. The largest absolute Gasteiger partial charge is 0.357 e. The molecule has 4 rings (SSSR count). The maximum Gasteiger partial charge on any atom is 0.128 e. The summed E-state index contributed by atoms with van der Waals surface area (Å²) in [6.07, 6.45) is 7.93. The first-order valence-corrected chi connectivity index (χ1v) is 9.31. The number of nitrogens with one attached hydrogen (secondary N) is 1. The topological polar surface area (TPSA) is 46.0 Å². The van der Waals surface area contributed by atoms with Gasteiger partial charge >= 0.3 is 0 Å². The average molecular weight is 347 g/mol.